The highest BCUT2D eigenvalue weighted by atomic mass is 16.2. The molecule has 1 fully saturated rings. The van der Waals surface area contributed by atoms with E-state index in [4.69, 9.17) is 0 Å². The molecule has 1 aromatic rings. The van der Waals surface area contributed by atoms with Crippen LogP contribution >= 0.6 is 0 Å². The summed E-state index contributed by atoms with van der Waals surface area (Å²) >= 11 is 0. The summed E-state index contributed by atoms with van der Waals surface area (Å²) in [5, 5.41) is 2.90. The first-order valence-electron chi connectivity index (χ1n) is 4.80. The van der Waals surface area contributed by atoms with Gasteiger partial charge in [0, 0.05) is 18.8 Å². The molecular formula is C11H14N2O. The number of carbonyl (C=O) groups excluding carboxylic acids is 1. The minimum Gasteiger partial charge on any atom is -0.326 e. The summed E-state index contributed by atoms with van der Waals surface area (Å²) in [5.41, 5.74) is 0.882. The molecule has 0 spiro atoms. The molecule has 1 aliphatic rings. The van der Waals surface area contributed by atoms with Crippen LogP contribution in [0.1, 0.15) is 0 Å². The lowest BCUT2D eigenvalue weighted by molar-refractivity contribution is -0.124. The van der Waals surface area contributed by atoms with Gasteiger partial charge < -0.3 is 10.2 Å². The second-order valence-electron chi connectivity index (χ2n) is 3.77. The van der Waals surface area contributed by atoms with Crippen molar-refractivity contribution >= 4 is 11.6 Å². The maximum absolute atomic E-state index is 11.6. The predicted molar refractivity (Wildman–Crippen MR) is 56.1 cm³/mol. The van der Waals surface area contributed by atoms with E-state index in [0.717, 1.165) is 18.8 Å². The fourth-order valence-corrected chi connectivity index (χ4v) is 1.63. The predicted octanol–water partition coefficient (Wildman–Crippen LogP) is 1.19. The van der Waals surface area contributed by atoms with Gasteiger partial charge in [-0.25, -0.2) is 0 Å². The van der Waals surface area contributed by atoms with Gasteiger partial charge in [0.25, 0.3) is 0 Å². The van der Waals surface area contributed by atoms with Crippen molar-refractivity contribution in [2.24, 2.45) is 5.92 Å². The SMILES string of the molecule is CN1CC(C(=O)Nc2ccccc2)C1. The Labute approximate surface area is 83.7 Å². The highest BCUT2D eigenvalue weighted by Gasteiger charge is 2.29. The number of likely N-dealkylation sites (tertiary alicyclic amines) is 1. The number of para-hydroxylation sites is 1. The molecule has 0 aromatic heterocycles. The van der Waals surface area contributed by atoms with Gasteiger partial charge >= 0.3 is 0 Å². The molecule has 1 aromatic carbocycles. The molecule has 0 atom stereocenters. The minimum absolute atomic E-state index is 0.134. The van der Waals surface area contributed by atoms with Crippen LogP contribution in [0.3, 0.4) is 0 Å². The van der Waals surface area contributed by atoms with Crippen LogP contribution in [-0.4, -0.2) is 30.9 Å². The molecule has 0 unspecified atom stereocenters. The Morgan fingerprint density at radius 2 is 2.00 bits per heavy atom. The molecular weight excluding hydrogens is 176 g/mol. The van der Waals surface area contributed by atoms with E-state index in [9.17, 15) is 4.79 Å². The van der Waals surface area contributed by atoms with E-state index < -0.39 is 0 Å². The molecule has 74 valence electrons. The molecule has 0 aliphatic carbocycles. The van der Waals surface area contributed by atoms with E-state index >= 15 is 0 Å². The van der Waals surface area contributed by atoms with E-state index in [1.165, 1.54) is 0 Å². The highest BCUT2D eigenvalue weighted by Crippen LogP contribution is 2.15. The van der Waals surface area contributed by atoms with Crippen LogP contribution < -0.4 is 5.32 Å². The number of nitrogens with one attached hydrogen (secondary N) is 1. The fourth-order valence-electron chi connectivity index (χ4n) is 1.63. The number of rotatable bonds is 2. The highest BCUT2D eigenvalue weighted by molar-refractivity contribution is 5.93. The molecule has 1 aliphatic heterocycles. The summed E-state index contributed by atoms with van der Waals surface area (Å²) in [4.78, 5) is 13.7. The van der Waals surface area contributed by atoms with Gasteiger partial charge in [0.2, 0.25) is 5.91 Å². The molecule has 0 radical (unpaired) electrons. The number of nitrogens with zero attached hydrogens (tertiary/aromatic N) is 1. The molecule has 3 nitrogen and oxygen atoms in total. The van der Waals surface area contributed by atoms with E-state index in [1.54, 1.807) is 0 Å². The molecule has 0 saturated carbocycles. The van der Waals surface area contributed by atoms with Crippen molar-refractivity contribution in [3.63, 3.8) is 0 Å². The van der Waals surface area contributed by atoms with Gasteiger partial charge in [-0.05, 0) is 19.2 Å². The normalized spacial score (nSPS) is 17.5. The van der Waals surface area contributed by atoms with E-state index in [-0.39, 0.29) is 11.8 Å². The van der Waals surface area contributed by atoms with E-state index in [1.807, 2.05) is 37.4 Å². The first-order chi connectivity index (χ1) is 6.75. The zero-order chi connectivity index (χ0) is 9.97. The lowest BCUT2D eigenvalue weighted by Gasteiger charge is -2.34. The molecule has 1 heterocycles. The summed E-state index contributed by atoms with van der Waals surface area (Å²) in [7, 11) is 2.02. The van der Waals surface area contributed by atoms with Gasteiger partial charge in [0.05, 0.1) is 5.92 Å². The summed E-state index contributed by atoms with van der Waals surface area (Å²) in [5.74, 6) is 0.300. The number of hydrogen-bond acceptors (Lipinski definition) is 2. The Bertz CT molecular complexity index is 317. The van der Waals surface area contributed by atoms with Crippen molar-refractivity contribution in [2.75, 3.05) is 25.5 Å². The molecule has 14 heavy (non-hydrogen) atoms. The third-order valence-electron chi connectivity index (χ3n) is 2.48. The third kappa shape index (κ3) is 1.93. The van der Waals surface area contributed by atoms with Crippen LogP contribution in [0.5, 0.6) is 0 Å². The lowest BCUT2D eigenvalue weighted by Crippen LogP contribution is -2.49. The summed E-state index contributed by atoms with van der Waals surface area (Å²) in [6.45, 7) is 1.75. The van der Waals surface area contributed by atoms with Gasteiger partial charge in [-0.3, -0.25) is 4.79 Å². The van der Waals surface area contributed by atoms with E-state index in [0.29, 0.717) is 0 Å². The van der Waals surface area contributed by atoms with E-state index in [2.05, 4.69) is 10.2 Å². The zero-order valence-corrected chi connectivity index (χ0v) is 8.23. The maximum Gasteiger partial charge on any atom is 0.230 e. The Balaban J connectivity index is 1.89. The summed E-state index contributed by atoms with van der Waals surface area (Å²) in [6, 6.07) is 9.58. The molecule has 2 rings (SSSR count). The molecule has 3 heteroatoms. The van der Waals surface area contributed by atoms with Crippen molar-refractivity contribution in [3.8, 4) is 0 Å². The minimum atomic E-state index is 0.134. The van der Waals surface area contributed by atoms with Crippen molar-refractivity contribution < 1.29 is 4.79 Å². The smallest absolute Gasteiger partial charge is 0.230 e. The van der Waals surface area contributed by atoms with Crippen molar-refractivity contribution in [3.05, 3.63) is 30.3 Å². The molecule has 1 N–H and O–H groups in total. The Morgan fingerprint density at radius 1 is 1.36 bits per heavy atom. The largest absolute Gasteiger partial charge is 0.326 e. The van der Waals surface area contributed by atoms with Gasteiger partial charge in [-0.2, -0.15) is 0 Å². The van der Waals surface area contributed by atoms with Crippen LogP contribution in [0.25, 0.3) is 0 Å². The first kappa shape index (κ1) is 9.21. The standard InChI is InChI=1S/C11H14N2O/c1-13-7-9(8-13)11(14)12-10-5-3-2-4-6-10/h2-6,9H,7-8H2,1H3,(H,12,14). The quantitative estimate of drug-likeness (QED) is 0.759. The van der Waals surface area contributed by atoms with Crippen LogP contribution in [0.15, 0.2) is 30.3 Å². The van der Waals surface area contributed by atoms with Crippen LogP contribution in [-0.2, 0) is 4.79 Å². The van der Waals surface area contributed by atoms with Gasteiger partial charge in [-0.1, -0.05) is 18.2 Å². The van der Waals surface area contributed by atoms with Crippen LogP contribution in [0, 0.1) is 5.92 Å². The second kappa shape index (κ2) is 3.80. The lowest BCUT2D eigenvalue weighted by atomic mass is 10.0. The monoisotopic (exact) mass is 190 g/mol. The first-order valence-corrected chi connectivity index (χ1v) is 4.80. The average molecular weight is 190 g/mol. The Morgan fingerprint density at radius 3 is 2.57 bits per heavy atom. The maximum atomic E-state index is 11.6. The zero-order valence-electron chi connectivity index (χ0n) is 8.23. The van der Waals surface area contributed by atoms with Gasteiger partial charge in [0.1, 0.15) is 0 Å². The molecule has 1 saturated heterocycles. The van der Waals surface area contributed by atoms with Crippen molar-refractivity contribution in [1.29, 1.82) is 0 Å². The molecule has 1 amide bonds. The van der Waals surface area contributed by atoms with Crippen molar-refractivity contribution in [2.45, 2.75) is 0 Å². The third-order valence-corrected chi connectivity index (χ3v) is 2.48. The number of anilines is 1. The number of carbonyl (C=O) groups is 1. The summed E-state index contributed by atoms with van der Waals surface area (Å²) in [6.07, 6.45) is 0. The topological polar surface area (TPSA) is 32.3 Å². The summed E-state index contributed by atoms with van der Waals surface area (Å²) < 4.78 is 0. The Kier molecular flexibility index (Phi) is 2.50. The van der Waals surface area contributed by atoms with Crippen molar-refractivity contribution in [1.82, 2.24) is 4.90 Å². The van der Waals surface area contributed by atoms with Gasteiger partial charge in [-0.15, -0.1) is 0 Å². The number of amides is 1. The number of hydrogen-bond donors (Lipinski definition) is 1. The van der Waals surface area contributed by atoms with Gasteiger partial charge in [0.15, 0.2) is 0 Å². The van der Waals surface area contributed by atoms with Crippen LogP contribution in [0.4, 0.5) is 5.69 Å². The molecule has 0 bridgehead atoms. The fraction of sp³-hybridized carbons (Fsp3) is 0.364. The van der Waals surface area contributed by atoms with Crippen LogP contribution in [0.2, 0.25) is 0 Å². The Hall–Kier alpha value is -1.35. The average Bonchev–Trinajstić information content (AvgIpc) is 2.14. The second-order valence-corrected chi connectivity index (χ2v) is 3.77. The number of benzene rings is 1.